The van der Waals surface area contributed by atoms with Gasteiger partial charge in [0.15, 0.2) is 0 Å². The number of morpholine rings is 1. The summed E-state index contributed by atoms with van der Waals surface area (Å²) in [7, 11) is -3.46. The lowest BCUT2D eigenvalue weighted by atomic mass is 10.1. The largest absolute Gasteiger partial charge is 0.384 e. The summed E-state index contributed by atoms with van der Waals surface area (Å²) in [5.74, 6) is 0. The molecule has 2 aliphatic heterocycles. The Hall–Kier alpha value is -1.11. The van der Waals surface area contributed by atoms with E-state index in [1.807, 2.05) is 26.8 Å². The van der Waals surface area contributed by atoms with Gasteiger partial charge in [-0.25, -0.2) is 8.42 Å². The van der Waals surface area contributed by atoms with Crippen LogP contribution in [0.1, 0.15) is 26.3 Å². The van der Waals surface area contributed by atoms with Crippen molar-refractivity contribution in [1.82, 2.24) is 4.31 Å². The summed E-state index contributed by atoms with van der Waals surface area (Å²) in [5, 5.41) is 3.25. The van der Waals surface area contributed by atoms with Gasteiger partial charge in [0.2, 0.25) is 10.0 Å². The van der Waals surface area contributed by atoms with E-state index in [0.717, 1.165) is 24.2 Å². The van der Waals surface area contributed by atoms with Gasteiger partial charge in [0, 0.05) is 25.3 Å². The lowest BCUT2D eigenvalue weighted by Gasteiger charge is -2.40. The van der Waals surface area contributed by atoms with E-state index in [1.165, 1.54) is 0 Å². The Kier molecular flexibility index (Phi) is 3.50. The van der Waals surface area contributed by atoms with Gasteiger partial charge in [-0.05, 0) is 51.0 Å². The van der Waals surface area contributed by atoms with Crippen molar-refractivity contribution in [3.8, 4) is 0 Å². The zero-order valence-electron chi connectivity index (χ0n) is 12.7. The molecule has 1 N–H and O–H groups in total. The second-order valence-electron chi connectivity index (χ2n) is 6.48. The highest BCUT2D eigenvalue weighted by Gasteiger charge is 2.38. The van der Waals surface area contributed by atoms with E-state index >= 15 is 0 Å². The molecule has 116 valence electrons. The first-order valence-electron chi connectivity index (χ1n) is 7.33. The number of nitrogens with one attached hydrogen (secondary N) is 1. The summed E-state index contributed by atoms with van der Waals surface area (Å²) >= 11 is 0. The fourth-order valence-electron chi connectivity index (χ4n) is 3.17. The zero-order valence-corrected chi connectivity index (χ0v) is 13.5. The Balaban J connectivity index is 1.93. The van der Waals surface area contributed by atoms with Crippen molar-refractivity contribution in [2.24, 2.45) is 0 Å². The molecule has 2 heterocycles. The van der Waals surface area contributed by atoms with Crippen molar-refractivity contribution in [3.05, 3.63) is 23.8 Å². The van der Waals surface area contributed by atoms with E-state index in [4.69, 9.17) is 4.74 Å². The highest BCUT2D eigenvalue weighted by atomic mass is 32.2. The summed E-state index contributed by atoms with van der Waals surface area (Å²) in [4.78, 5) is 0.384. The number of fused-ring (bicyclic) bond motifs is 1. The standard InChI is InChI=1S/C15H22N2O3S/c1-11-9-17(10-15(2,3)20-11)21(18,19)13-4-5-14-12(8-13)6-7-16-14/h4-5,8,11,16H,6-7,9-10H2,1-3H3. The van der Waals surface area contributed by atoms with E-state index in [9.17, 15) is 8.42 Å². The molecule has 3 rings (SSSR count). The third kappa shape index (κ3) is 2.80. The SMILES string of the molecule is CC1CN(S(=O)(=O)c2ccc3c(c2)CCN3)CC(C)(C)O1. The van der Waals surface area contributed by atoms with Crippen molar-refractivity contribution in [2.75, 3.05) is 25.0 Å². The summed E-state index contributed by atoms with van der Waals surface area (Å²) in [6, 6.07) is 5.36. The van der Waals surface area contributed by atoms with E-state index < -0.39 is 15.6 Å². The van der Waals surface area contributed by atoms with Crippen LogP contribution >= 0.6 is 0 Å². The van der Waals surface area contributed by atoms with Crippen LogP contribution in [0.5, 0.6) is 0 Å². The zero-order chi connectivity index (χ0) is 15.3. The quantitative estimate of drug-likeness (QED) is 0.905. The minimum Gasteiger partial charge on any atom is -0.384 e. The molecule has 1 saturated heterocycles. The predicted molar refractivity (Wildman–Crippen MR) is 82.0 cm³/mol. The van der Waals surface area contributed by atoms with Crippen LogP contribution < -0.4 is 5.32 Å². The van der Waals surface area contributed by atoms with Gasteiger partial charge < -0.3 is 10.1 Å². The predicted octanol–water partition coefficient (Wildman–Crippen LogP) is 1.84. The Morgan fingerprint density at radius 1 is 1.38 bits per heavy atom. The minimum absolute atomic E-state index is 0.0976. The van der Waals surface area contributed by atoms with Gasteiger partial charge in [0.05, 0.1) is 16.6 Å². The molecule has 1 unspecified atom stereocenters. The van der Waals surface area contributed by atoms with Gasteiger partial charge in [-0.1, -0.05) is 0 Å². The smallest absolute Gasteiger partial charge is 0.243 e. The molecule has 0 amide bonds. The summed E-state index contributed by atoms with van der Waals surface area (Å²) in [5.41, 5.74) is 1.67. The number of sulfonamides is 1. The summed E-state index contributed by atoms with van der Waals surface area (Å²) < 4.78 is 33.1. The molecule has 5 nitrogen and oxygen atoms in total. The molecule has 0 saturated carbocycles. The Morgan fingerprint density at radius 2 is 2.14 bits per heavy atom. The van der Waals surface area contributed by atoms with Crippen LogP contribution in [0.25, 0.3) is 0 Å². The molecule has 1 aromatic rings. The van der Waals surface area contributed by atoms with Crippen LogP contribution in [0.4, 0.5) is 5.69 Å². The summed E-state index contributed by atoms with van der Waals surface area (Å²) in [6.45, 7) is 7.43. The van der Waals surface area contributed by atoms with Crippen LogP contribution in [-0.2, 0) is 21.2 Å². The Labute approximate surface area is 126 Å². The van der Waals surface area contributed by atoms with Crippen LogP contribution in [0.3, 0.4) is 0 Å². The van der Waals surface area contributed by atoms with Gasteiger partial charge >= 0.3 is 0 Å². The molecular weight excluding hydrogens is 288 g/mol. The van der Waals surface area contributed by atoms with Crippen LogP contribution in [0.15, 0.2) is 23.1 Å². The number of benzene rings is 1. The fourth-order valence-corrected chi connectivity index (χ4v) is 4.89. The van der Waals surface area contributed by atoms with E-state index in [1.54, 1.807) is 16.4 Å². The Bertz CT molecular complexity index is 655. The number of anilines is 1. The molecule has 21 heavy (non-hydrogen) atoms. The van der Waals surface area contributed by atoms with Gasteiger partial charge in [-0.3, -0.25) is 0 Å². The third-order valence-electron chi connectivity index (χ3n) is 3.96. The molecule has 0 radical (unpaired) electrons. The lowest BCUT2D eigenvalue weighted by molar-refractivity contribution is -0.109. The van der Waals surface area contributed by atoms with Crippen molar-refractivity contribution in [1.29, 1.82) is 0 Å². The molecule has 1 fully saturated rings. The molecule has 6 heteroatoms. The third-order valence-corrected chi connectivity index (χ3v) is 5.77. The number of nitrogens with zero attached hydrogens (tertiary/aromatic N) is 1. The molecule has 1 aromatic carbocycles. The number of rotatable bonds is 2. The first-order valence-corrected chi connectivity index (χ1v) is 8.77. The molecule has 0 bridgehead atoms. The fraction of sp³-hybridized carbons (Fsp3) is 0.600. The molecule has 0 aliphatic carbocycles. The molecule has 2 aliphatic rings. The van der Waals surface area contributed by atoms with Gasteiger partial charge in [-0.15, -0.1) is 0 Å². The van der Waals surface area contributed by atoms with Gasteiger partial charge in [0.25, 0.3) is 0 Å². The maximum absolute atomic E-state index is 12.9. The first kappa shape index (κ1) is 14.8. The minimum atomic E-state index is -3.46. The lowest BCUT2D eigenvalue weighted by Crippen LogP contribution is -2.53. The monoisotopic (exact) mass is 310 g/mol. The molecule has 0 spiro atoms. The highest BCUT2D eigenvalue weighted by molar-refractivity contribution is 7.89. The topological polar surface area (TPSA) is 58.6 Å². The van der Waals surface area contributed by atoms with Crippen molar-refractivity contribution >= 4 is 15.7 Å². The Morgan fingerprint density at radius 3 is 2.86 bits per heavy atom. The molecule has 1 atom stereocenters. The maximum atomic E-state index is 12.9. The number of hydrogen-bond donors (Lipinski definition) is 1. The van der Waals surface area contributed by atoms with Gasteiger partial charge in [0.1, 0.15) is 0 Å². The van der Waals surface area contributed by atoms with E-state index in [0.29, 0.717) is 18.0 Å². The normalized spacial score (nSPS) is 25.4. The van der Waals surface area contributed by atoms with Crippen LogP contribution in [0.2, 0.25) is 0 Å². The number of ether oxygens (including phenoxy) is 1. The highest BCUT2D eigenvalue weighted by Crippen LogP contribution is 2.29. The average molecular weight is 310 g/mol. The van der Waals surface area contributed by atoms with E-state index in [-0.39, 0.29) is 6.10 Å². The number of hydrogen-bond acceptors (Lipinski definition) is 4. The van der Waals surface area contributed by atoms with E-state index in [2.05, 4.69) is 5.32 Å². The van der Waals surface area contributed by atoms with Crippen molar-refractivity contribution < 1.29 is 13.2 Å². The van der Waals surface area contributed by atoms with Crippen LogP contribution in [-0.4, -0.2) is 44.1 Å². The second-order valence-corrected chi connectivity index (χ2v) is 8.42. The molecule has 0 aromatic heterocycles. The maximum Gasteiger partial charge on any atom is 0.243 e. The first-order chi connectivity index (χ1) is 9.78. The second kappa shape index (κ2) is 4.97. The van der Waals surface area contributed by atoms with Crippen LogP contribution in [0, 0.1) is 0 Å². The summed E-state index contributed by atoms with van der Waals surface area (Å²) in [6.07, 6.45) is 0.781. The molecular formula is C15H22N2O3S. The van der Waals surface area contributed by atoms with Gasteiger partial charge in [-0.2, -0.15) is 4.31 Å². The van der Waals surface area contributed by atoms with Crippen molar-refractivity contribution in [2.45, 2.75) is 43.8 Å². The van der Waals surface area contributed by atoms with Crippen molar-refractivity contribution in [3.63, 3.8) is 0 Å². The average Bonchev–Trinajstić information content (AvgIpc) is 2.83.